The van der Waals surface area contributed by atoms with E-state index < -0.39 is 0 Å². The van der Waals surface area contributed by atoms with Crippen LogP contribution in [-0.4, -0.2) is 16.6 Å². The lowest BCUT2D eigenvalue weighted by molar-refractivity contribution is 0.234. The number of rotatable bonds is 3. The zero-order valence-corrected chi connectivity index (χ0v) is 8.52. The zero-order chi connectivity index (χ0) is 10.5. The summed E-state index contributed by atoms with van der Waals surface area (Å²) in [5.41, 5.74) is 0.353. The summed E-state index contributed by atoms with van der Waals surface area (Å²) in [5, 5.41) is 8.65. The molecule has 4 nitrogen and oxygen atoms in total. The Labute approximate surface area is 88.9 Å². The van der Waals surface area contributed by atoms with Gasteiger partial charge in [-0.05, 0) is 24.8 Å². The number of aromatic nitrogens is 2. The molecule has 0 saturated heterocycles. The summed E-state index contributed by atoms with van der Waals surface area (Å²) in [6.07, 6.45) is 6.62. The van der Waals surface area contributed by atoms with Crippen LogP contribution in [0.15, 0.2) is 12.3 Å². The number of nitriles is 1. The standard InChI is InChI=1S/C11H13N3O/c12-7-10-5-6-13-11(14-10)15-8-9-3-1-2-4-9/h5-6,9H,1-4,8H2. The molecule has 0 aliphatic heterocycles. The maximum Gasteiger partial charge on any atom is 0.317 e. The molecule has 4 heteroatoms. The molecule has 0 N–H and O–H groups in total. The maximum absolute atomic E-state index is 8.65. The highest BCUT2D eigenvalue weighted by Gasteiger charge is 2.15. The van der Waals surface area contributed by atoms with Gasteiger partial charge >= 0.3 is 6.01 Å². The molecule has 1 fully saturated rings. The fourth-order valence-electron chi connectivity index (χ4n) is 1.84. The van der Waals surface area contributed by atoms with Gasteiger partial charge in [-0.2, -0.15) is 10.2 Å². The SMILES string of the molecule is N#Cc1ccnc(OCC2CCCC2)n1. The van der Waals surface area contributed by atoms with Crippen molar-refractivity contribution in [2.45, 2.75) is 25.7 Å². The summed E-state index contributed by atoms with van der Waals surface area (Å²) >= 11 is 0. The minimum absolute atomic E-state index is 0.320. The predicted octanol–water partition coefficient (Wildman–Crippen LogP) is 1.92. The lowest BCUT2D eigenvalue weighted by Crippen LogP contribution is -2.10. The van der Waals surface area contributed by atoms with Crippen molar-refractivity contribution in [2.75, 3.05) is 6.61 Å². The minimum atomic E-state index is 0.320. The van der Waals surface area contributed by atoms with E-state index in [1.165, 1.54) is 25.7 Å². The first-order valence-electron chi connectivity index (χ1n) is 5.24. The lowest BCUT2D eigenvalue weighted by atomic mass is 10.1. The fourth-order valence-corrected chi connectivity index (χ4v) is 1.84. The summed E-state index contributed by atoms with van der Waals surface area (Å²) < 4.78 is 5.46. The van der Waals surface area contributed by atoms with E-state index in [1.807, 2.05) is 6.07 Å². The average molecular weight is 203 g/mol. The van der Waals surface area contributed by atoms with E-state index in [0.29, 0.717) is 24.2 Å². The molecule has 0 spiro atoms. The van der Waals surface area contributed by atoms with Gasteiger partial charge in [-0.15, -0.1) is 0 Å². The smallest absolute Gasteiger partial charge is 0.317 e. The molecule has 0 amide bonds. The Morgan fingerprint density at radius 1 is 1.47 bits per heavy atom. The minimum Gasteiger partial charge on any atom is -0.463 e. The molecule has 78 valence electrons. The normalized spacial score (nSPS) is 16.2. The van der Waals surface area contributed by atoms with Gasteiger partial charge in [-0.3, -0.25) is 0 Å². The largest absolute Gasteiger partial charge is 0.463 e. The molecule has 0 bridgehead atoms. The van der Waals surface area contributed by atoms with E-state index >= 15 is 0 Å². The third kappa shape index (κ3) is 2.66. The van der Waals surface area contributed by atoms with Crippen molar-refractivity contribution in [2.24, 2.45) is 5.92 Å². The van der Waals surface area contributed by atoms with Crippen molar-refractivity contribution >= 4 is 0 Å². The van der Waals surface area contributed by atoms with E-state index in [4.69, 9.17) is 10.00 Å². The van der Waals surface area contributed by atoms with E-state index in [0.717, 1.165) is 0 Å². The first-order chi connectivity index (χ1) is 7.38. The maximum atomic E-state index is 8.65. The van der Waals surface area contributed by atoms with Crippen molar-refractivity contribution in [3.63, 3.8) is 0 Å². The molecule has 1 aliphatic carbocycles. The van der Waals surface area contributed by atoms with Gasteiger partial charge in [0.05, 0.1) is 6.61 Å². The van der Waals surface area contributed by atoms with Crippen molar-refractivity contribution < 1.29 is 4.74 Å². The second kappa shape index (κ2) is 4.74. The molecule has 1 saturated carbocycles. The van der Waals surface area contributed by atoms with Crippen LogP contribution >= 0.6 is 0 Å². The van der Waals surface area contributed by atoms with Gasteiger partial charge in [0.2, 0.25) is 0 Å². The Bertz CT molecular complexity index is 366. The topological polar surface area (TPSA) is 58.8 Å². The predicted molar refractivity (Wildman–Crippen MR) is 54.2 cm³/mol. The van der Waals surface area contributed by atoms with Gasteiger partial charge in [0.25, 0.3) is 0 Å². The first kappa shape index (κ1) is 9.91. The molecule has 1 aromatic rings. The molecule has 1 heterocycles. The number of ether oxygens (including phenoxy) is 1. The van der Waals surface area contributed by atoms with Gasteiger partial charge in [0, 0.05) is 6.20 Å². The molecule has 15 heavy (non-hydrogen) atoms. The van der Waals surface area contributed by atoms with Gasteiger partial charge in [-0.25, -0.2) is 4.98 Å². The summed E-state index contributed by atoms with van der Waals surface area (Å²) in [6.45, 7) is 0.675. The third-order valence-electron chi connectivity index (χ3n) is 2.67. The van der Waals surface area contributed by atoms with Gasteiger partial charge in [-0.1, -0.05) is 12.8 Å². The van der Waals surface area contributed by atoms with Crippen molar-refractivity contribution in [3.05, 3.63) is 18.0 Å². The van der Waals surface area contributed by atoms with Crippen LogP contribution in [0.1, 0.15) is 31.4 Å². The molecule has 0 atom stereocenters. The summed E-state index contributed by atoms with van der Waals surface area (Å²) in [6, 6.07) is 3.86. The van der Waals surface area contributed by atoms with Crippen LogP contribution in [-0.2, 0) is 0 Å². The molecule has 1 aromatic heterocycles. The molecule has 0 radical (unpaired) electrons. The van der Waals surface area contributed by atoms with Gasteiger partial charge in [0.1, 0.15) is 11.8 Å². The van der Waals surface area contributed by atoms with Crippen LogP contribution in [0.25, 0.3) is 0 Å². The van der Waals surface area contributed by atoms with Crippen molar-refractivity contribution in [1.82, 2.24) is 9.97 Å². The Morgan fingerprint density at radius 2 is 2.27 bits per heavy atom. The number of hydrogen-bond donors (Lipinski definition) is 0. The van der Waals surface area contributed by atoms with E-state index in [9.17, 15) is 0 Å². The third-order valence-corrected chi connectivity index (χ3v) is 2.67. The zero-order valence-electron chi connectivity index (χ0n) is 8.52. The Balaban J connectivity index is 1.90. The van der Waals surface area contributed by atoms with Crippen LogP contribution in [0.5, 0.6) is 6.01 Å². The monoisotopic (exact) mass is 203 g/mol. The summed E-state index contributed by atoms with van der Waals surface area (Å²) in [5.74, 6) is 0.638. The quantitative estimate of drug-likeness (QED) is 0.753. The molecule has 2 rings (SSSR count). The van der Waals surface area contributed by atoms with Crippen LogP contribution in [0.2, 0.25) is 0 Å². The second-order valence-corrected chi connectivity index (χ2v) is 3.80. The molecule has 1 aliphatic rings. The van der Waals surface area contributed by atoms with E-state index in [-0.39, 0.29) is 0 Å². The van der Waals surface area contributed by atoms with E-state index in [1.54, 1.807) is 12.3 Å². The van der Waals surface area contributed by atoms with Gasteiger partial charge < -0.3 is 4.74 Å². The van der Waals surface area contributed by atoms with Crippen LogP contribution < -0.4 is 4.74 Å². The van der Waals surface area contributed by atoms with Crippen LogP contribution in [0.4, 0.5) is 0 Å². The Hall–Kier alpha value is -1.63. The van der Waals surface area contributed by atoms with Gasteiger partial charge in [0.15, 0.2) is 0 Å². The lowest BCUT2D eigenvalue weighted by Gasteiger charge is -2.09. The second-order valence-electron chi connectivity index (χ2n) is 3.80. The fraction of sp³-hybridized carbons (Fsp3) is 0.545. The molecule has 0 unspecified atom stereocenters. The molecular weight excluding hydrogens is 190 g/mol. The first-order valence-corrected chi connectivity index (χ1v) is 5.24. The number of nitrogens with zero attached hydrogens (tertiary/aromatic N) is 3. The highest BCUT2D eigenvalue weighted by atomic mass is 16.5. The Morgan fingerprint density at radius 3 is 3.00 bits per heavy atom. The molecular formula is C11H13N3O. The molecule has 0 aromatic carbocycles. The average Bonchev–Trinajstić information content (AvgIpc) is 2.79. The van der Waals surface area contributed by atoms with Crippen molar-refractivity contribution in [3.8, 4) is 12.1 Å². The van der Waals surface area contributed by atoms with E-state index in [2.05, 4.69) is 9.97 Å². The highest BCUT2D eigenvalue weighted by Crippen LogP contribution is 2.24. The summed E-state index contributed by atoms with van der Waals surface area (Å²) in [4.78, 5) is 7.92. The van der Waals surface area contributed by atoms with Crippen LogP contribution in [0.3, 0.4) is 0 Å². The Kier molecular flexibility index (Phi) is 3.13. The number of hydrogen-bond acceptors (Lipinski definition) is 4. The van der Waals surface area contributed by atoms with Crippen LogP contribution in [0, 0.1) is 17.2 Å². The van der Waals surface area contributed by atoms with Crippen molar-refractivity contribution in [1.29, 1.82) is 5.26 Å². The highest BCUT2D eigenvalue weighted by molar-refractivity contribution is 5.19. The summed E-state index contributed by atoms with van der Waals surface area (Å²) in [7, 11) is 0.